The van der Waals surface area contributed by atoms with Crippen molar-refractivity contribution in [3.63, 3.8) is 0 Å². The lowest BCUT2D eigenvalue weighted by molar-refractivity contribution is 0.414. The topological polar surface area (TPSA) is 39.5 Å². The number of methoxy groups -OCH3 is 1. The lowest BCUT2D eigenvalue weighted by atomic mass is 10.3. The molecule has 0 saturated carbocycles. The molecule has 0 unspecified atom stereocenters. The molecule has 0 atom stereocenters. The fraction of sp³-hybridized carbons (Fsp3) is 0.167. The minimum absolute atomic E-state index is 0.554. The van der Waals surface area contributed by atoms with Crippen molar-refractivity contribution >= 4 is 5.69 Å². The Morgan fingerprint density at radius 1 is 0.870 bits per heavy atom. The van der Waals surface area contributed by atoms with E-state index in [0.717, 1.165) is 22.9 Å². The molecule has 118 valence electrons. The number of nitrogens with zero attached hydrogens (tertiary/aromatic N) is 3. The molecule has 0 N–H and O–H groups in total. The summed E-state index contributed by atoms with van der Waals surface area (Å²) in [6.07, 6.45) is 1.87. The van der Waals surface area contributed by atoms with Crippen molar-refractivity contribution in [3.05, 3.63) is 60.8 Å². The minimum Gasteiger partial charge on any atom is -0.497 e. The van der Waals surface area contributed by atoms with Crippen molar-refractivity contribution in [2.75, 3.05) is 26.1 Å². The molecule has 0 aliphatic carbocycles. The van der Waals surface area contributed by atoms with Crippen molar-refractivity contribution in [2.24, 2.45) is 0 Å². The van der Waals surface area contributed by atoms with Crippen LogP contribution in [0.4, 0.5) is 5.69 Å². The monoisotopic (exact) mass is 309 g/mol. The number of rotatable bonds is 5. The summed E-state index contributed by atoms with van der Waals surface area (Å²) in [6, 6.07) is 17.4. The lowest BCUT2D eigenvalue weighted by Gasteiger charge is -2.12. The maximum absolute atomic E-state index is 5.78. The van der Waals surface area contributed by atoms with E-state index in [0.29, 0.717) is 5.88 Å². The van der Waals surface area contributed by atoms with Crippen molar-refractivity contribution < 1.29 is 9.47 Å². The first-order chi connectivity index (χ1) is 11.2. The number of aromatic nitrogens is 2. The van der Waals surface area contributed by atoms with Crippen LogP contribution in [-0.4, -0.2) is 31.0 Å². The Bertz CT molecular complexity index is 762. The van der Waals surface area contributed by atoms with Gasteiger partial charge in [0.05, 0.1) is 12.8 Å². The van der Waals surface area contributed by atoms with Crippen LogP contribution in [-0.2, 0) is 0 Å². The SMILES string of the molecule is COc1ccc(-n2ccc(Oc3ccc(N(C)C)cc3)n2)cc1. The molecule has 0 bridgehead atoms. The molecule has 1 heterocycles. The van der Waals surface area contributed by atoms with Gasteiger partial charge in [-0.3, -0.25) is 0 Å². The predicted molar refractivity (Wildman–Crippen MR) is 91.0 cm³/mol. The third-order valence-corrected chi connectivity index (χ3v) is 3.48. The van der Waals surface area contributed by atoms with Gasteiger partial charge in [-0.05, 0) is 48.5 Å². The Balaban J connectivity index is 1.73. The third-order valence-electron chi connectivity index (χ3n) is 3.48. The van der Waals surface area contributed by atoms with Crippen LogP contribution < -0.4 is 14.4 Å². The summed E-state index contributed by atoms with van der Waals surface area (Å²) in [5, 5.41) is 4.43. The van der Waals surface area contributed by atoms with Gasteiger partial charge in [-0.1, -0.05) is 0 Å². The van der Waals surface area contributed by atoms with E-state index >= 15 is 0 Å². The van der Waals surface area contributed by atoms with E-state index in [4.69, 9.17) is 9.47 Å². The zero-order valence-corrected chi connectivity index (χ0v) is 13.4. The average molecular weight is 309 g/mol. The first kappa shape index (κ1) is 15.0. The Kier molecular flexibility index (Phi) is 4.19. The zero-order chi connectivity index (χ0) is 16.2. The average Bonchev–Trinajstić information content (AvgIpc) is 3.04. The highest BCUT2D eigenvalue weighted by atomic mass is 16.5. The molecular formula is C18H19N3O2. The second-order valence-electron chi connectivity index (χ2n) is 5.29. The molecule has 0 spiro atoms. The molecule has 3 rings (SSSR count). The maximum Gasteiger partial charge on any atom is 0.238 e. The van der Waals surface area contributed by atoms with Crippen molar-refractivity contribution in [1.82, 2.24) is 9.78 Å². The maximum atomic E-state index is 5.78. The Morgan fingerprint density at radius 2 is 1.52 bits per heavy atom. The van der Waals surface area contributed by atoms with Crippen LogP contribution in [0.2, 0.25) is 0 Å². The minimum atomic E-state index is 0.554. The Labute approximate surface area is 135 Å². The standard InChI is InChI=1S/C18H19N3O2/c1-20(2)14-4-10-17(11-5-14)23-18-12-13-21(19-18)15-6-8-16(22-3)9-7-15/h4-13H,1-3H3. The molecule has 0 saturated heterocycles. The number of hydrogen-bond donors (Lipinski definition) is 0. The van der Waals surface area contributed by atoms with Gasteiger partial charge in [0.15, 0.2) is 0 Å². The van der Waals surface area contributed by atoms with Gasteiger partial charge in [0.2, 0.25) is 5.88 Å². The van der Waals surface area contributed by atoms with E-state index in [9.17, 15) is 0 Å². The zero-order valence-electron chi connectivity index (χ0n) is 13.4. The third kappa shape index (κ3) is 3.45. The van der Waals surface area contributed by atoms with Gasteiger partial charge in [-0.2, -0.15) is 0 Å². The molecule has 23 heavy (non-hydrogen) atoms. The summed E-state index contributed by atoms with van der Waals surface area (Å²) in [5.74, 6) is 2.13. The number of hydrogen-bond acceptors (Lipinski definition) is 4. The summed E-state index contributed by atoms with van der Waals surface area (Å²) >= 11 is 0. The summed E-state index contributed by atoms with van der Waals surface area (Å²) < 4.78 is 12.7. The smallest absolute Gasteiger partial charge is 0.238 e. The largest absolute Gasteiger partial charge is 0.497 e. The molecule has 2 aromatic carbocycles. The number of anilines is 1. The molecule has 0 aliphatic rings. The summed E-state index contributed by atoms with van der Waals surface area (Å²) in [7, 11) is 5.66. The quantitative estimate of drug-likeness (QED) is 0.720. The second kappa shape index (κ2) is 6.44. The van der Waals surface area contributed by atoms with E-state index in [2.05, 4.69) is 5.10 Å². The van der Waals surface area contributed by atoms with Crippen molar-refractivity contribution in [1.29, 1.82) is 0 Å². The molecular weight excluding hydrogens is 290 g/mol. The summed E-state index contributed by atoms with van der Waals surface area (Å²) in [6.45, 7) is 0. The van der Waals surface area contributed by atoms with Crippen LogP contribution in [0, 0.1) is 0 Å². The lowest BCUT2D eigenvalue weighted by Crippen LogP contribution is -2.07. The van der Waals surface area contributed by atoms with E-state index < -0.39 is 0 Å². The number of ether oxygens (including phenoxy) is 2. The van der Waals surface area contributed by atoms with Gasteiger partial charge in [-0.25, -0.2) is 4.68 Å². The molecule has 0 aliphatic heterocycles. The van der Waals surface area contributed by atoms with Crippen LogP contribution in [0.1, 0.15) is 0 Å². The highest BCUT2D eigenvalue weighted by Crippen LogP contribution is 2.23. The van der Waals surface area contributed by atoms with Crippen LogP contribution in [0.3, 0.4) is 0 Å². The van der Waals surface area contributed by atoms with Crippen LogP contribution in [0.5, 0.6) is 17.4 Å². The number of benzene rings is 2. The van der Waals surface area contributed by atoms with Crippen molar-refractivity contribution in [3.8, 4) is 23.1 Å². The predicted octanol–water partition coefficient (Wildman–Crippen LogP) is 3.74. The molecule has 5 nitrogen and oxygen atoms in total. The van der Waals surface area contributed by atoms with E-state index in [1.54, 1.807) is 11.8 Å². The van der Waals surface area contributed by atoms with Crippen LogP contribution in [0.25, 0.3) is 5.69 Å². The highest BCUT2D eigenvalue weighted by Gasteiger charge is 2.04. The van der Waals surface area contributed by atoms with Gasteiger partial charge in [-0.15, -0.1) is 5.10 Å². The first-order valence-electron chi connectivity index (χ1n) is 7.31. The van der Waals surface area contributed by atoms with Gasteiger partial charge < -0.3 is 14.4 Å². The summed E-state index contributed by atoms with van der Waals surface area (Å²) in [4.78, 5) is 2.04. The van der Waals surface area contributed by atoms with Gasteiger partial charge in [0.25, 0.3) is 0 Å². The van der Waals surface area contributed by atoms with E-state index in [1.807, 2.05) is 79.8 Å². The fourth-order valence-electron chi connectivity index (χ4n) is 2.17. The molecule has 0 radical (unpaired) electrons. The van der Waals surface area contributed by atoms with Gasteiger partial charge in [0.1, 0.15) is 11.5 Å². The summed E-state index contributed by atoms with van der Waals surface area (Å²) in [5.41, 5.74) is 2.07. The fourth-order valence-corrected chi connectivity index (χ4v) is 2.17. The van der Waals surface area contributed by atoms with E-state index in [-0.39, 0.29) is 0 Å². The van der Waals surface area contributed by atoms with E-state index in [1.165, 1.54) is 0 Å². The first-order valence-corrected chi connectivity index (χ1v) is 7.31. The second-order valence-corrected chi connectivity index (χ2v) is 5.29. The Morgan fingerprint density at radius 3 is 2.13 bits per heavy atom. The molecule has 5 heteroatoms. The van der Waals surface area contributed by atoms with Gasteiger partial charge >= 0.3 is 0 Å². The Hall–Kier alpha value is -2.95. The molecule has 0 amide bonds. The normalized spacial score (nSPS) is 10.4. The highest BCUT2D eigenvalue weighted by molar-refractivity contribution is 5.48. The van der Waals surface area contributed by atoms with Crippen molar-refractivity contribution in [2.45, 2.75) is 0 Å². The van der Waals surface area contributed by atoms with Gasteiger partial charge in [0, 0.05) is 32.0 Å². The molecule has 0 fully saturated rings. The van der Waals surface area contributed by atoms with Crippen LogP contribution in [0.15, 0.2) is 60.8 Å². The van der Waals surface area contributed by atoms with Crippen LogP contribution >= 0.6 is 0 Å². The molecule has 1 aromatic heterocycles. The molecule has 3 aromatic rings.